The Hall–Kier alpha value is 0.620. The van der Waals surface area contributed by atoms with Gasteiger partial charge in [-0.3, -0.25) is 4.90 Å². The fourth-order valence-corrected chi connectivity index (χ4v) is 5.94. The number of nitrogens with one attached hydrogen (secondary N) is 1. The highest BCUT2D eigenvalue weighted by Gasteiger charge is 2.39. The molecule has 0 radical (unpaired) electrons. The summed E-state index contributed by atoms with van der Waals surface area (Å²) in [6.45, 7) is 2.48. The average Bonchev–Trinajstić information content (AvgIpc) is 2.47. The summed E-state index contributed by atoms with van der Waals surface area (Å²) in [5, 5.41) is 3.61. The maximum absolute atomic E-state index is 3.61. The van der Waals surface area contributed by atoms with Crippen molar-refractivity contribution in [3.8, 4) is 0 Å². The van der Waals surface area contributed by atoms with E-state index < -0.39 is 0 Å². The van der Waals surface area contributed by atoms with Crippen molar-refractivity contribution in [3.63, 3.8) is 0 Å². The largest absolute Gasteiger partial charge is 0.315 e. The lowest BCUT2D eigenvalue weighted by Crippen LogP contribution is -2.47. The Bertz CT molecular complexity index is 215. The van der Waals surface area contributed by atoms with Gasteiger partial charge in [0, 0.05) is 47.7 Å². The molecule has 1 N–H and O–H groups in total. The van der Waals surface area contributed by atoms with Crippen molar-refractivity contribution in [3.05, 3.63) is 0 Å². The molecule has 2 nitrogen and oxygen atoms in total. The summed E-state index contributed by atoms with van der Waals surface area (Å²) in [4.78, 5) is 2.89. The van der Waals surface area contributed by atoms with Crippen molar-refractivity contribution in [2.45, 2.75) is 37.4 Å². The SMILES string of the molecule is C1C[C@H]2CC[C@@H](CN1)N2C1CSCCSC1. The van der Waals surface area contributed by atoms with Crippen LogP contribution >= 0.6 is 23.5 Å². The molecule has 0 amide bonds. The molecule has 2 atom stereocenters. The molecule has 3 aliphatic rings. The van der Waals surface area contributed by atoms with Gasteiger partial charge >= 0.3 is 0 Å². The van der Waals surface area contributed by atoms with Gasteiger partial charge in [0.2, 0.25) is 0 Å². The Labute approximate surface area is 107 Å². The monoisotopic (exact) mass is 258 g/mol. The molecule has 3 fully saturated rings. The van der Waals surface area contributed by atoms with E-state index >= 15 is 0 Å². The number of hydrogen-bond donors (Lipinski definition) is 1. The fraction of sp³-hybridized carbons (Fsp3) is 1.00. The van der Waals surface area contributed by atoms with Crippen molar-refractivity contribution in [2.24, 2.45) is 0 Å². The number of fused-ring (bicyclic) bond motifs is 2. The minimum Gasteiger partial charge on any atom is -0.315 e. The zero-order chi connectivity index (χ0) is 10.8. The molecule has 92 valence electrons. The molecule has 0 aromatic heterocycles. The topological polar surface area (TPSA) is 15.3 Å². The molecule has 3 saturated heterocycles. The minimum absolute atomic E-state index is 0.844. The molecule has 2 bridgehead atoms. The summed E-state index contributed by atoms with van der Waals surface area (Å²) in [5.74, 6) is 5.48. The maximum atomic E-state index is 3.61. The third-order valence-corrected chi connectivity index (χ3v) is 6.61. The van der Waals surface area contributed by atoms with E-state index in [0.717, 1.165) is 18.1 Å². The van der Waals surface area contributed by atoms with E-state index in [0.29, 0.717) is 0 Å². The summed E-state index contributed by atoms with van der Waals surface area (Å²) >= 11 is 4.35. The van der Waals surface area contributed by atoms with Gasteiger partial charge < -0.3 is 5.32 Å². The van der Waals surface area contributed by atoms with E-state index in [9.17, 15) is 0 Å². The number of rotatable bonds is 1. The van der Waals surface area contributed by atoms with Crippen LogP contribution in [-0.4, -0.2) is 59.1 Å². The van der Waals surface area contributed by atoms with Gasteiger partial charge in [-0.2, -0.15) is 23.5 Å². The average molecular weight is 258 g/mol. The molecule has 16 heavy (non-hydrogen) atoms. The quantitative estimate of drug-likeness (QED) is 0.769. The van der Waals surface area contributed by atoms with E-state index in [1.807, 2.05) is 0 Å². The van der Waals surface area contributed by atoms with E-state index in [2.05, 4.69) is 33.7 Å². The van der Waals surface area contributed by atoms with Crippen LogP contribution in [0.2, 0.25) is 0 Å². The highest BCUT2D eigenvalue weighted by Crippen LogP contribution is 2.33. The van der Waals surface area contributed by atoms with Gasteiger partial charge in [0.15, 0.2) is 0 Å². The molecule has 3 heterocycles. The van der Waals surface area contributed by atoms with Crippen LogP contribution in [0.4, 0.5) is 0 Å². The lowest BCUT2D eigenvalue weighted by atomic mass is 10.1. The summed E-state index contributed by atoms with van der Waals surface area (Å²) in [7, 11) is 0. The molecule has 0 saturated carbocycles. The first-order valence-corrected chi connectivity index (χ1v) is 8.90. The third kappa shape index (κ3) is 2.40. The third-order valence-electron chi connectivity index (χ3n) is 4.12. The second kappa shape index (κ2) is 5.51. The number of hydrogen-bond acceptors (Lipinski definition) is 4. The standard InChI is InChI=1S/C12H22N2S2/c1-2-11-7-13-4-3-10(1)14(11)12-8-15-5-6-16-9-12/h10-13H,1-9H2/t10-,11+/m1/s1. The van der Waals surface area contributed by atoms with E-state index in [4.69, 9.17) is 0 Å². The molecule has 0 aliphatic carbocycles. The number of nitrogens with zero attached hydrogens (tertiary/aromatic N) is 1. The van der Waals surface area contributed by atoms with Crippen molar-refractivity contribution in [2.75, 3.05) is 36.1 Å². The van der Waals surface area contributed by atoms with Crippen LogP contribution in [0.3, 0.4) is 0 Å². The minimum atomic E-state index is 0.844. The van der Waals surface area contributed by atoms with E-state index in [1.54, 1.807) is 0 Å². The van der Waals surface area contributed by atoms with Crippen LogP contribution in [0.25, 0.3) is 0 Å². The van der Waals surface area contributed by atoms with Crippen LogP contribution in [0, 0.1) is 0 Å². The Morgan fingerprint density at radius 1 is 0.875 bits per heavy atom. The highest BCUT2D eigenvalue weighted by atomic mass is 32.2. The molecule has 0 unspecified atom stereocenters. The first-order chi connectivity index (χ1) is 7.95. The molecule has 0 aromatic rings. The lowest BCUT2D eigenvalue weighted by Gasteiger charge is -2.35. The first-order valence-electron chi connectivity index (χ1n) is 6.59. The zero-order valence-electron chi connectivity index (χ0n) is 9.86. The Morgan fingerprint density at radius 2 is 1.62 bits per heavy atom. The van der Waals surface area contributed by atoms with Crippen LogP contribution in [0.5, 0.6) is 0 Å². The van der Waals surface area contributed by atoms with E-state index in [-0.39, 0.29) is 0 Å². The van der Waals surface area contributed by atoms with Gasteiger partial charge in [0.05, 0.1) is 0 Å². The van der Waals surface area contributed by atoms with Crippen LogP contribution in [0.1, 0.15) is 19.3 Å². The normalized spacial score (nSPS) is 38.2. The summed E-state index contributed by atoms with van der Waals surface area (Å²) in [6, 6.07) is 2.59. The summed E-state index contributed by atoms with van der Waals surface area (Å²) in [5.41, 5.74) is 0. The Morgan fingerprint density at radius 3 is 2.44 bits per heavy atom. The maximum Gasteiger partial charge on any atom is 0.0283 e. The van der Waals surface area contributed by atoms with Gasteiger partial charge in [-0.05, 0) is 25.8 Å². The lowest BCUT2D eigenvalue weighted by molar-refractivity contribution is 0.163. The zero-order valence-corrected chi connectivity index (χ0v) is 11.5. The highest BCUT2D eigenvalue weighted by molar-refractivity contribution is 8.03. The second-order valence-electron chi connectivity index (χ2n) is 5.13. The Balaban J connectivity index is 1.71. The van der Waals surface area contributed by atoms with Crippen LogP contribution < -0.4 is 5.32 Å². The van der Waals surface area contributed by atoms with Gasteiger partial charge in [-0.15, -0.1) is 0 Å². The fourth-order valence-electron chi connectivity index (χ4n) is 3.39. The molecule has 0 aromatic carbocycles. The van der Waals surface area contributed by atoms with Crippen molar-refractivity contribution in [1.29, 1.82) is 0 Å². The predicted octanol–water partition coefficient (Wildman–Crippen LogP) is 1.66. The summed E-state index contributed by atoms with van der Waals surface area (Å²) in [6.07, 6.45) is 4.27. The molecule has 3 aliphatic heterocycles. The number of thioether (sulfide) groups is 2. The van der Waals surface area contributed by atoms with Gasteiger partial charge in [0.1, 0.15) is 0 Å². The Kier molecular flexibility index (Phi) is 4.03. The van der Waals surface area contributed by atoms with Crippen molar-refractivity contribution < 1.29 is 0 Å². The molecular weight excluding hydrogens is 236 g/mol. The van der Waals surface area contributed by atoms with Crippen LogP contribution in [-0.2, 0) is 0 Å². The molecule has 0 spiro atoms. The predicted molar refractivity (Wildman–Crippen MR) is 74.6 cm³/mol. The first kappa shape index (κ1) is 11.7. The van der Waals surface area contributed by atoms with Gasteiger partial charge in [-0.25, -0.2) is 0 Å². The second-order valence-corrected chi connectivity index (χ2v) is 7.43. The van der Waals surface area contributed by atoms with Crippen molar-refractivity contribution >= 4 is 23.5 Å². The molecule has 4 heteroatoms. The molecule has 3 rings (SSSR count). The van der Waals surface area contributed by atoms with Gasteiger partial charge in [-0.1, -0.05) is 0 Å². The smallest absolute Gasteiger partial charge is 0.0283 e. The van der Waals surface area contributed by atoms with E-state index in [1.165, 1.54) is 55.4 Å². The van der Waals surface area contributed by atoms with Gasteiger partial charge in [0.25, 0.3) is 0 Å². The van der Waals surface area contributed by atoms with Crippen LogP contribution in [0.15, 0.2) is 0 Å². The summed E-state index contributed by atoms with van der Waals surface area (Å²) < 4.78 is 0. The molecular formula is C12H22N2S2. The van der Waals surface area contributed by atoms with Crippen molar-refractivity contribution in [1.82, 2.24) is 10.2 Å².